The number of ether oxygens (including phenoxy) is 2. The van der Waals surface area contributed by atoms with Crippen LogP contribution in [-0.4, -0.2) is 32.2 Å². The average Bonchev–Trinajstić information content (AvgIpc) is 3.08. The summed E-state index contributed by atoms with van der Waals surface area (Å²) in [4.78, 5) is 15.7. The number of nitrogens with zero attached hydrogens (tertiary/aromatic N) is 1. The molecule has 0 unspecified atom stereocenters. The summed E-state index contributed by atoms with van der Waals surface area (Å²) in [5, 5.41) is -0.880. The molecule has 1 heterocycles. The van der Waals surface area contributed by atoms with Gasteiger partial charge in [-0.3, -0.25) is 4.57 Å². The highest BCUT2D eigenvalue weighted by Gasteiger charge is 2.29. The molecule has 160 valence electrons. The summed E-state index contributed by atoms with van der Waals surface area (Å²) in [6.45, 7) is 3.80. The van der Waals surface area contributed by atoms with Gasteiger partial charge in [0, 0.05) is 5.69 Å². The highest BCUT2D eigenvalue weighted by atomic mass is 32.2. The van der Waals surface area contributed by atoms with Crippen molar-refractivity contribution in [1.82, 2.24) is 9.55 Å². The van der Waals surface area contributed by atoms with Crippen molar-refractivity contribution in [2.75, 3.05) is 14.2 Å². The van der Waals surface area contributed by atoms with Gasteiger partial charge in [-0.05, 0) is 43.2 Å². The first-order valence-electron chi connectivity index (χ1n) is 9.64. The van der Waals surface area contributed by atoms with Crippen molar-refractivity contribution in [2.45, 2.75) is 37.0 Å². The van der Waals surface area contributed by atoms with Crippen LogP contribution in [-0.2, 0) is 22.8 Å². The lowest BCUT2D eigenvalue weighted by Crippen LogP contribution is -2.19. The van der Waals surface area contributed by atoms with E-state index in [2.05, 4.69) is 4.98 Å². The van der Waals surface area contributed by atoms with Gasteiger partial charge in [0.2, 0.25) is 0 Å². The van der Waals surface area contributed by atoms with Gasteiger partial charge in [-0.1, -0.05) is 31.2 Å². The molecule has 0 saturated carbocycles. The summed E-state index contributed by atoms with van der Waals surface area (Å²) in [7, 11) is -0.529. The molecule has 1 N–H and O–H groups in total. The van der Waals surface area contributed by atoms with Gasteiger partial charge in [0.15, 0.2) is 21.3 Å². The Balaban J connectivity index is 2.01. The second kappa shape index (κ2) is 8.79. The number of imidazole rings is 1. The third-order valence-electron chi connectivity index (χ3n) is 5.19. The number of methoxy groups -OCH3 is 2. The Labute approximate surface area is 176 Å². The number of hydrogen-bond acceptors (Lipinski definition) is 5. The van der Waals surface area contributed by atoms with Crippen LogP contribution in [0.2, 0.25) is 0 Å². The molecule has 0 aliphatic heterocycles. The van der Waals surface area contributed by atoms with E-state index in [1.54, 1.807) is 62.1 Å². The molecule has 2 aromatic carbocycles. The van der Waals surface area contributed by atoms with E-state index in [9.17, 15) is 13.2 Å². The Morgan fingerprint density at radius 3 is 2.30 bits per heavy atom. The van der Waals surface area contributed by atoms with Crippen LogP contribution in [0.15, 0.2) is 58.2 Å². The van der Waals surface area contributed by atoms with Gasteiger partial charge in [-0.2, -0.15) is 0 Å². The highest BCUT2D eigenvalue weighted by Crippen LogP contribution is 2.30. The molecule has 1 aromatic heterocycles. The van der Waals surface area contributed by atoms with Gasteiger partial charge < -0.3 is 14.5 Å². The van der Waals surface area contributed by atoms with Crippen molar-refractivity contribution in [1.29, 1.82) is 0 Å². The molecule has 8 heteroatoms. The first-order valence-corrected chi connectivity index (χ1v) is 11.2. The van der Waals surface area contributed by atoms with Crippen LogP contribution in [0.4, 0.5) is 0 Å². The van der Waals surface area contributed by atoms with E-state index in [0.717, 1.165) is 5.56 Å². The summed E-state index contributed by atoms with van der Waals surface area (Å²) in [5.74, 6) is 1.17. The summed E-state index contributed by atoms with van der Waals surface area (Å²) in [6.07, 6.45) is 0.510. The Kier molecular flexibility index (Phi) is 6.36. The third-order valence-corrected chi connectivity index (χ3v) is 7.29. The summed E-state index contributed by atoms with van der Waals surface area (Å²) < 4.78 is 38.3. The Hall–Kier alpha value is -3.00. The molecular weight excluding hydrogens is 404 g/mol. The first-order chi connectivity index (χ1) is 14.3. The molecule has 0 bridgehead atoms. The van der Waals surface area contributed by atoms with E-state index in [1.807, 2.05) is 19.1 Å². The predicted octanol–water partition coefficient (Wildman–Crippen LogP) is 3.34. The minimum absolute atomic E-state index is 0.230. The van der Waals surface area contributed by atoms with Crippen molar-refractivity contribution in [3.05, 3.63) is 76.0 Å². The molecule has 7 nitrogen and oxygen atoms in total. The second-order valence-corrected chi connectivity index (χ2v) is 9.19. The predicted molar refractivity (Wildman–Crippen MR) is 115 cm³/mol. The molecule has 0 fully saturated rings. The fraction of sp³-hybridized carbons (Fsp3) is 0.318. The van der Waals surface area contributed by atoms with Crippen LogP contribution < -0.4 is 15.2 Å². The number of nitrogens with one attached hydrogen (secondary N) is 1. The largest absolute Gasteiger partial charge is 0.493 e. The van der Waals surface area contributed by atoms with E-state index >= 15 is 0 Å². The quantitative estimate of drug-likeness (QED) is 0.592. The van der Waals surface area contributed by atoms with Gasteiger partial charge in [0.1, 0.15) is 5.25 Å². The van der Waals surface area contributed by atoms with Gasteiger partial charge in [0.25, 0.3) is 0 Å². The lowest BCUT2D eigenvalue weighted by Gasteiger charge is -2.15. The molecule has 3 aromatic rings. The molecule has 0 aliphatic carbocycles. The smallest absolute Gasteiger partial charge is 0.326 e. The fourth-order valence-corrected chi connectivity index (χ4v) is 4.99. The minimum atomic E-state index is -3.64. The van der Waals surface area contributed by atoms with Crippen molar-refractivity contribution in [3.63, 3.8) is 0 Å². The van der Waals surface area contributed by atoms with Gasteiger partial charge in [-0.15, -0.1) is 0 Å². The van der Waals surface area contributed by atoms with Crippen molar-refractivity contribution >= 4 is 9.84 Å². The van der Waals surface area contributed by atoms with Gasteiger partial charge in [-0.25, -0.2) is 13.2 Å². The molecule has 0 spiro atoms. The highest BCUT2D eigenvalue weighted by molar-refractivity contribution is 7.91. The number of H-pyrrole nitrogens is 1. The van der Waals surface area contributed by atoms with Gasteiger partial charge >= 0.3 is 5.69 Å². The SMILES string of the molecule is CCc1c([C@H](C)S(=O)(=O)c2ccccc2)[nH]c(=O)n1Cc1ccc(OC)c(OC)c1. The molecule has 3 rings (SSSR count). The lowest BCUT2D eigenvalue weighted by atomic mass is 10.1. The zero-order chi connectivity index (χ0) is 21.9. The van der Waals surface area contributed by atoms with Crippen molar-refractivity contribution in [3.8, 4) is 11.5 Å². The molecule has 0 amide bonds. The maximum absolute atomic E-state index is 13.1. The normalized spacial score (nSPS) is 12.5. The Morgan fingerprint density at radius 2 is 1.70 bits per heavy atom. The van der Waals surface area contributed by atoms with E-state index in [0.29, 0.717) is 29.3 Å². The lowest BCUT2D eigenvalue weighted by molar-refractivity contribution is 0.354. The molecule has 1 atom stereocenters. The molecular formula is C22H26N2O5S. The third kappa shape index (κ3) is 4.00. The molecule has 0 saturated heterocycles. The molecule has 30 heavy (non-hydrogen) atoms. The zero-order valence-corrected chi connectivity index (χ0v) is 18.3. The molecule has 0 radical (unpaired) electrons. The summed E-state index contributed by atoms with van der Waals surface area (Å²) >= 11 is 0. The number of rotatable bonds is 8. The number of sulfone groups is 1. The number of benzene rings is 2. The van der Waals surface area contributed by atoms with Crippen molar-refractivity contribution < 1.29 is 17.9 Å². The zero-order valence-electron chi connectivity index (χ0n) is 17.5. The second-order valence-electron chi connectivity index (χ2n) is 6.92. The number of aromatic nitrogens is 2. The van der Waals surface area contributed by atoms with Crippen LogP contribution in [0, 0.1) is 0 Å². The number of hydrogen-bond donors (Lipinski definition) is 1. The maximum atomic E-state index is 13.1. The monoisotopic (exact) mass is 430 g/mol. The maximum Gasteiger partial charge on any atom is 0.326 e. The van der Waals surface area contributed by atoms with Crippen molar-refractivity contribution in [2.24, 2.45) is 0 Å². The molecule has 0 aliphatic rings. The van der Waals surface area contributed by atoms with E-state index in [4.69, 9.17) is 9.47 Å². The Bertz CT molecular complexity index is 1180. The number of aromatic amines is 1. The average molecular weight is 431 g/mol. The van der Waals surface area contributed by atoms with Crippen LogP contribution >= 0.6 is 0 Å². The summed E-state index contributed by atoms with van der Waals surface area (Å²) in [5.41, 5.74) is 1.59. The van der Waals surface area contributed by atoms with Crippen LogP contribution in [0.1, 0.15) is 36.0 Å². The van der Waals surface area contributed by atoms with Crippen LogP contribution in [0.25, 0.3) is 0 Å². The summed E-state index contributed by atoms with van der Waals surface area (Å²) in [6, 6.07) is 13.7. The minimum Gasteiger partial charge on any atom is -0.493 e. The van der Waals surface area contributed by atoms with E-state index < -0.39 is 15.1 Å². The van der Waals surface area contributed by atoms with Crippen LogP contribution in [0.3, 0.4) is 0 Å². The topological polar surface area (TPSA) is 90.4 Å². The standard InChI is InChI=1S/C22H26N2O5S/c1-5-18-21(15(2)30(26,27)17-9-7-6-8-10-17)23-22(25)24(18)14-16-11-12-19(28-3)20(13-16)29-4/h6-13,15H,5,14H2,1-4H3,(H,23,25)/t15-/m0/s1. The fourth-order valence-electron chi connectivity index (χ4n) is 3.54. The van der Waals surface area contributed by atoms with E-state index in [-0.39, 0.29) is 17.1 Å². The van der Waals surface area contributed by atoms with Crippen LogP contribution in [0.5, 0.6) is 11.5 Å². The van der Waals surface area contributed by atoms with E-state index in [1.165, 1.54) is 0 Å². The first kappa shape index (κ1) is 21.7. The Morgan fingerprint density at radius 1 is 1.03 bits per heavy atom. The van der Waals surface area contributed by atoms with Gasteiger partial charge in [0.05, 0.1) is 31.4 Å².